The van der Waals surface area contributed by atoms with E-state index in [1.807, 2.05) is 18.2 Å². The molecule has 2 aromatic carbocycles. The van der Waals surface area contributed by atoms with Crippen LogP contribution < -0.4 is 5.32 Å². The van der Waals surface area contributed by atoms with Gasteiger partial charge in [-0.05, 0) is 60.5 Å². The van der Waals surface area contributed by atoms with Crippen LogP contribution in [0.2, 0.25) is 0 Å². The van der Waals surface area contributed by atoms with Crippen molar-refractivity contribution in [2.45, 2.75) is 24.4 Å². The molecule has 0 saturated heterocycles. The van der Waals surface area contributed by atoms with Crippen molar-refractivity contribution < 1.29 is 0 Å². The third-order valence-electron chi connectivity index (χ3n) is 5.27. The quantitative estimate of drug-likeness (QED) is 0.306. The van der Waals surface area contributed by atoms with Crippen molar-refractivity contribution in [3.05, 3.63) is 77.4 Å². The lowest BCUT2D eigenvalue weighted by molar-refractivity contribution is 0.552. The minimum Gasteiger partial charge on any atom is -0.341 e. The summed E-state index contributed by atoms with van der Waals surface area (Å²) in [6.45, 7) is 2.86. The summed E-state index contributed by atoms with van der Waals surface area (Å²) >= 11 is 3.47. The molecule has 0 spiro atoms. The Balaban J connectivity index is 1.47. The molecule has 0 aliphatic rings. The van der Waals surface area contributed by atoms with E-state index >= 15 is 0 Å². The Kier molecular flexibility index (Phi) is 5.29. The molecule has 0 aliphatic heterocycles. The van der Waals surface area contributed by atoms with Gasteiger partial charge in [0.15, 0.2) is 0 Å². The zero-order valence-electron chi connectivity index (χ0n) is 16.8. The Morgan fingerprint density at radius 2 is 1.93 bits per heavy atom. The number of aromatic amines is 1. The summed E-state index contributed by atoms with van der Waals surface area (Å²) < 4.78 is 0. The second-order valence-electron chi connectivity index (χ2n) is 7.27. The van der Waals surface area contributed by atoms with E-state index in [1.165, 1.54) is 20.7 Å². The smallest absolute Gasteiger partial charge is 0.124 e. The molecule has 3 aromatic heterocycles. The van der Waals surface area contributed by atoms with Gasteiger partial charge < -0.3 is 10.3 Å². The molecule has 3 heterocycles. The van der Waals surface area contributed by atoms with Crippen LogP contribution >= 0.6 is 23.1 Å². The number of benzene rings is 2. The van der Waals surface area contributed by atoms with E-state index in [2.05, 4.69) is 71.3 Å². The van der Waals surface area contributed by atoms with E-state index in [1.54, 1.807) is 23.1 Å². The molecule has 0 amide bonds. The van der Waals surface area contributed by atoms with Crippen molar-refractivity contribution in [2.75, 3.05) is 6.26 Å². The molecule has 4 nitrogen and oxygen atoms in total. The maximum absolute atomic E-state index is 5.05. The first kappa shape index (κ1) is 19.3. The fourth-order valence-electron chi connectivity index (χ4n) is 3.62. The van der Waals surface area contributed by atoms with Gasteiger partial charge in [0.1, 0.15) is 5.82 Å². The maximum Gasteiger partial charge on any atom is 0.124 e. The van der Waals surface area contributed by atoms with Gasteiger partial charge in [-0.3, -0.25) is 0 Å². The molecule has 1 atom stereocenters. The number of fused-ring (bicyclic) bond motifs is 2. The Hall–Kier alpha value is -2.67. The first-order valence-corrected chi connectivity index (χ1v) is 12.0. The molecule has 6 heteroatoms. The summed E-state index contributed by atoms with van der Waals surface area (Å²) in [5, 5.41) is 6.91. The lowest BCUT2D eigenvalue weighted by Gasteiger charge is -2.15. The SMILES string of the molecule is CSc1ccc2cc(CNC(C)c3nc4ccccc4[nH]3)c(-c3cccs3)nc2c1. The van der Waals surface area contributed by atoms with E-state index in [-0.39, 0.29) is 6.04 Å². The van der Waals surface area contributed by atoms with Crippen molar-refractivity contribution in [1.29, 1.82) is 0 Å². The van der Waals surface area contributed by atoms with Crippen molar-refractivity contribution in [3.63, 3.8) is 0 Å². The van der Waals surface area contributed by atoms with Crippen molar-refractivity contribution in [1.82, 2.24) is 20.3 Å². The lowest BCUT2D eigenvalue weighted by atomic mass is 10.1. The molecule has 5 rings (SSSR count). The van der Waals surface area contributed by atoms with Gasteiger partial charge in [-0.15, -0.1) is 23.1 Å². The third-order valence-corrected chi connectivity index (χ3v) is 6.88. The second-order valence-corrected chi connectivity index (χ2v) is 9.10. The van der Waals surface area contributed by atoms with Crippen LogP contribution in [0.1, 0.15) is 24.4 Å². The molecule has 150 valence electrons. The highest BCUT2D eigenvalue weighted by Gasteiger charge is 2.14. The lowest BCUT2D eigenvalue weighted by Crippen LogP contribution is -2.19. The van der Waals surface area contributed by atoms with Crippen LogP contribution in [0, 0.1) is 0 Å². The first-order valence-electron chi connectivity index (χ1n) is 9.91. The molecular formula is C24H22N4S2. The van der Waals surface area contributed by atoms with Gasteiger partial charge in [-0.25, -0.2) is 9.97 Å². The minimum absolute atomic E-state index is 0.100. The molecule has 0 fully saturated rings. The normalized spacial score (nSPS) is 12.6. The maximum atomic E-state index is 5.05. The molecule has 0 radical (unpaired) electrons. The number of nitrogens with zero attached hydrogens (tertiary/aromatic N) is 2. The number of thiophene rings is 1. The van der Waals surface area contributed by atoms with Crippen LogP contribution in [0.15, 0.2) is 70.9 Å². The van der Waals surface area contributed by atoms with Crippen LogP contribution in [0.4, 0.5) is 0 Å². The van der Waals surface area contributed by atoms with E-state index in [0.717, 1.165) is 34.6 Å². The summed E-state index contributed by atoms with van der Waals surface area (Å²) in [5.74, 6) is 0.951. The topological polar surface area (TPSA) is 53.6 Å². The summed E-state index contributed by atoms with van der Waals surface area (Å²) in [7, 11) is 0. The monoisotopic (exact) mass is 430 g/mol. The number of hydrogen-bond donors (Lipinski definition) is 2. The highest BCUT2D eigenvalue weighted by molar-refractivity contribution is 7.98. The van der Waals surface area contributed by atoms with E-state index in [4.69, 9.17) is 9.97 Å². The number of pyridine rings is 1. The summed E-state index contributed by atoms with van der Waals surface area (Å²) in [5.41, 5.74) is 5.36. The minimum atomic E-state index is 0.100. The number of para-hydroxylation sites is 2. The van der Waals surface area contributed by atoms with Gasteiger partial charge in [0.2, 0.25) is 0 Å². The number of rotatable bonds is 6. The van der Waals surface area contributed by atoms with Crippen LogP contribution in [-0.4, -0.2) is 21.2 Å². The Labute approximate surface area is 183 Å². The Morgan fingerprint density at radius 3 is 2.73 bits per heavy atom. The second kappa shape index (κ2) is 8.22. The van der Waals surface area contributed by atoms with E-state index in [9.17, 15) is 0 Å². The standard InChI is InChI=1S/C24H22N4S2/c1-15(24-27-19-6-3-4-7-20(19)28-24)25-14-17-12-16-9-10-18(29-2)13-21(16)26-23(17)22-8-5-11-30-22/h3-13,15,25H,14H2,1-2H3,(H,27,28). The summed E-state index contributed by atoms with van der Waals surface area (Å²) in [6.07, 6.45) is 2.10. The fraction of sp³-hybridized carbons (Fsp3) is 0.167. The molecule has 0 saturated carbocycles. The third kappa shape index (κ3) is 3.74. The Bertz CT molecular complexity index is 1270. The number of imidazole rings is 1. The molecule has 1 unspecified atom stereocenters. The van der Waals surface area contributed by atoms with Gasteiger partial charge in [0, 0.05) is 16.8 Å². The number of aromatic nitrogens is 3. The molecule has 2 N–H and O–H groups in total. The van der Waals surface area contributed by atoms with Crippen molar-refractivity contribution >= 4 is 45.0 Å². The number of nitrogens with one attached hydrogen (secondary N) is 2. The number of H-pyrrole nitrogens is 1. The summed E-state index contributed by atoms with van der Waals surface area (Å²) in [6, 6.07) is 21.2. The average molecular weight is 431 g/mol. The highest BCUT2D eigenvalue weighted by atomic mass is 32.2. The molecule has 0 aliphatic carbocycles. The first-order chi connectivity index (χ1) is 14.7. The van der Waals surface area contributed by atoms with Gasteiger partial charge >= 0.3 is 0 Å². The van der Waals surface area contributed by atoms with Crippen molar-refractivity contribution in [2.24, 2.45) is 0 Å². The van der Waals surface area contributed by atoms with Gasteiger partial charge in [0.05, 0.1) is 33.2 Å². The predicted molar refractivity (Wildman–Crippen MR) is 128 cm³/mol. The molecule has 30 heavy (non-hydrogen) atoms. The number of hydrogen-bond acceptors (Lipinski definition) is 5. The van der Waals surface area contributed by atoms with Crippen molar-refractivity contribution in [3.8, 4) is 10.6 Å². The van der Waals surface area contributed by atoms with Crippen LogP contribution in [0.25, 0.3) is 32.5 Å². The predicted octanol–water partition coefficient (Wildman–Crippen LogP) is 6.41. The Morgan fingerprint density at radius 1 is 1.03 bits per heavy atom. The summed E-state index contributed by atoms with van der Waals surface area (Å²) in [4.78, 5) is 15.6. The average Bonchev–Trinajstić information content (AvgIpc) is 3.46. The van der Waals surface area contributed by atoms with Crippen LogP contribution in [-0.2, 0) is 6.54 Å². The van der Waals surface area contributed by atoms with Crippen LogP contribution in [0.5, 0.6) is 0 Å². The van der Waals surface area contributed by atoms with E-state index < -0.39 is 0 Å². The zero-order chi connectivity index (χ0) is 20.5. The number of thioether (sulfide) groups is 1. The largest absolute Gasteiger partial charge is 0.341 e. The van der Waals surface area contributed by atoms with Gasteiger partial charge in [0.25, 0.3) is 0 Å². The molecule has 0 bridgehead atoms. The van der Waals surface area contributed by atoms with Crippen LogP contribution in [0.3, 0.4) is 0 Å². The molecule has 5 aromatic rings. The highest BCUT2D eigenvalue weighted by Crippen LogP contribution is 2.31. The fourth-order valence-corrected chi connectivity index (χ4v) is 4.80. The van der Waals surface area contributed by atoms with E-state index in [0.29, 0.717) is 0 Å². The zero-order valence-corrected chi connectivity index (χ0v) is 18.5. The molecular weight excluding hydrogens is 408 g/mol. The van der Waals surface area contributed by atoms with Gasteiger partial charge in [-0.2, -0.15) is 0 Å². The van der Waals surface area contributed by atoms with Gasteiger partial charge in [-0.1, -0.05) is 24.3 Å².